The normalized spacial score (nSPS) is 9.69. The molecule has 0 spiro atoms. The van der Waals surface area contributed by atoms with Gasteiger partial charge >= 0.3 is 122 Å². The molecule has 19 heteroatoms. The largest absolute Gasteiger partial charge is 2.00 e. The zero-order chi connectivity index (χ0) is 64.7. The van der Waals surface area contributed by atoms with Crippen LogP contribution < -0.4 is 28.5 Å². The minimum atomic E-state index is -1.56. The van der Waals surface area contributed by atoms with Crippen LogP contribution in [0.25, 0.3) is 37.6 Å². The summed E-state index contributed by atoms with van der Waals surface area (Å²) in [6, 6.07) is 36.3. The van der Waals surface area contributed by atoms with Crippen LogP contribution in [0.2, 0.25) is 0 Å². The number of rotatable bonds is 13. The fourth-order valence-electron chi connectivity index (χ4n) is 6.32. The molecule has 6 aromatic rings. The molecule has 0 aliphatic carbocycles. The Bertz CT molecular complexity index is 2640. The maximum atomic E-state index is 11.9. The van der Waals surface area contributed by atoms with E-state index < -0.39 is 42.2 Å². The molecule has 4 N–H and O–H groups in total. The second-order valence-electron chi connectivity index (χ2n) is 21.8. The van der Waals surface area contributed by atoms with Crippen LogP contribution in [-0.2, 0) is 14.2 Å². The Labute approximate surface area is 624 Å². The fraction of sp³-hybridized carbons (Fsp3) is 0.457. The number of unbranched alkanes of at least 4 members (excludes halogenated alkanes) is 9. The van der Waals surface area contributed by atoms with Crippen molar-refractivity contribution in [1.82, 2.24) is 0 Å². The molecule has 0 unspecified atom stereocenters. The summed E-state index contributed by atoms with van der Waals surface area (Å²) < 4.78 is 16.7. The molecule has 6 rings (SSSR count). The van der Waals surface area contributed by atoms with Crippen molar-refractivity contribution in [1.29, 1.82) is 0 Å². The molecule has 0 aliphatic heterocycles. The predicted octanol–water partition coefficient (Wildman–Crippen LogP) is 16.8. The molecule has 11 nitrogen and oxygen atoms in total. The van der Waals surface area contributed by atoms with Crippen molar-refractivity contribution < 1.29 is 51.0 Å². The molecule has 3 amide bonds. The van der Waals surface area contributed by atoms with Crippen molar-refractivity contribution in [2.75, 3.05) is 10.6 Å². The van der Waals surface area contributed by atoms with Crippen LogP contribution in [-0.4, -0.2) is 155 Å². The van der Waals surface area contributed by atoms with E-state index in [9.17, 15) is 24.4 Å². The molecule has 0 heterocycles. The monoisotopic (exact) mass is 1340 g/mol. The molecule has 6 aromatic carbocycles. The molecule has 0 aliphatic rings. The summed E-state index contributed by atoms with van der Waals surface area (Å²) in [5, 5.41) is 33.5. The summed E-state index contributed by atoms with van der Waals surface area (Å²) in [6.07, 6.45) is 16.0. The first-order valence-corrected chi connectivity index (χ1v) is 32.1. The van der Waals surface area contributed by atoms with Crippen LogP contribution in [0.3, 0.4) is 0 Å². The first-order chi connectivity index (χ1) is 39.7. The molecule has 89 heavy (non-hydrogen) atoms. The first-order valence-electron chi connectivity index (χ1n) is 29.9. The number of hydrogen-bond donors (Lipinski definition) is 4. The van der Waals surface area contributed by atoms with Crippen LogP contribution in [0.1, 0.15) is 194 Å². The van der Waals surface area contributed by atoms with E-state index in [1.54, 1.807) is 63.2 Å². The van der Waals surface area contributed by atoms with E-state index in [0.717, 1.165) is 57.4 Å². The van der Waals surface area contributed by atoms with Crippen molar-refractivity contribution >= 4 is 199 Å². The SMILES string of the molecule is CC(C)(C)OC(=O)Nc1ccc(B(O)O)c2ccccc12.CC(C)(C)OC(=O)Nc1ccc(Br)c2ccccc12.CC(C)(C)OC(=O)[N-]c1cc[c-]c2ccccc12.CCCCCCCC.[CH2-]CCC.[CH2-]CCC.[CH2-]CCC.[CH2-]CCC.[CH3-].[Cl-].[Li][Mg+].[Mg+2].[Mg+2].[Mg+2]. The first kappa shape index (κ1) is 103. The number of nitrogens with one attached hydrogen (secondary N) is 2. The Morgan fingerprint density at radius 1 is 0.528 bits per heavy atom. The van der Waals surface area contributed by atoms with Crippen molar-refractivity contribution in [3.05, 3.63) is 160 Å². The number of carbonyl (C=O) groups is 3. The number of ether oxygens (including phenoxy) is 3. The number of carbonyl (C=O) groups excluding carboxylic acids is 3. The zero-order valence-corrected chi connectivity index (χ0v) is 66.1. The van der Waals surface area contributed by atoms with Crippen molar-refractivity contribution in [3.63, 3.8) is 0 Å². The number of hydrogen-bond acceptors (Lipinski definition) is 8. The van der Waals surface area contributed by atoms with E-state index in [0.29, 0.717) is 27.6 Å². The number of amides is 3. The van der Waals surface area contributed by atoms with Crippen LogP contribution in [0.4, 0.5) is 31.4 Å². The molecule has 0 atom stereocenters. The van der Waals surface area contributed by atoms with Gasteiger partial charge in [0.15, 0.2) is 0 Å². The van der Waals surface area contributed by atoms with E-state index in [-0.39, 0.29) is 89.0 Å². The van der Waals surface area contributed by atoms with Gasteiger partial charge in [0.1, 0.15) is 16.8 Å². The van der Waals surface area contributed by atoms with Gasteiger partial charge in [0.25, 0.3) is 0 Å². The molecule has 0 radical (unpaired) electrons. The molecule has 476 valence electrons. The van der Waals surface area contributed by atoms with Crippen molar-refractivity contribution in [3.8, 4) is 0 Å². The zero-order valence-electron chi connectivity index (χ0n) is 58.1. The van der Waals surface area contributed by atoms with Crippen LogP contribution in [0, 0.1) is 41.2 Å². The standard InChI is InChI=1S/C15H18BNO4.C15H16BrNO2.C15H16NO2.C8H18.4C4H9.CH3.ClH.Li.4Mg/c1-15(2,3)21-14(18)17-13-9-8-12(16(19)20)10-6-4-5-7-11(10)13;1-15(2,3)19-14(18)17-13-9-8-12(16)10-6-4-5-7-11(10)13;1-15(2,3)18-14(17)16-13-10-6-8-11-7-4-5-9-12(11)13;1-3-5-7-8-6-4-2;4*1-3-4-2;;;;;;;/h4-9,19-20H,1-3H3,(H,17,18);4-9H,1-3H3,(H,17,18);4-7,9-10H,1-3H3,(H,16,17);3-8H2,1-2H3;4*1,3-4H2,2H3;1H3;1H;;;;;/q;;-1;;5*-1;;;+1;3*+2/p-2. The average molecular weight is 1350 g/mol. The summed E-state index contributed by atoms with van der Waals surface area (Å²) in [5.74, 6) is 0. The topological polar surface area (TPSA) is 158 Å². The Balaban J connectivity index is -0.000000151. The van der Waals surface area contributed by atoms with Crippen molar-refractivity contribution in [2.45, 2.75) is 211 Å². The summed E-state index contributed by atoms with van der Waals surface area (Å²) in [7, 11) is -1.56. The fourth-order valence-corrected chi connectivity index (χ4v) is 6.80. The van der Waals surface area contributed by atoms with Gasteiger partial charge in [-0.1, -0.05) is 188 Å². The van der Waals surface area contributed by atoms with Crippen LogP contribution >= 0.6 is 15.9 Å². The Hall–Kier alpha value is -1.67. The van der Waals surface area contributed by atoms with Gasteiger partial charge in [-0.2, -0.15) is 31.7 Å². The van der Waals surface area contributed by atoms with Crippen LogP contribution in [0.5, 0.6) is 0 Å². The average Bonchev–Trinajstić information content (AvgIpc) is 3.63. The maximum Gasteiger partial charge on any atom is 2.00 e. The number of benzene rings is 6. The molecule has 0 saturated heterocycles. The van der Waals surface area contributed by atoms with Gasteiger partial charge in [0.2, 0.25) is 6.09 Å². The molecule has 0 fully saturated rings. The third kappa shape index (κ3) is 53.3. The van der Waals surface area contributed by atoms with E-state index >= 15 is 0 Å². The minimum absolute atomic E-state index is 0. The predicted molar refractivity (Wildman–Crippen MR) is 392 cm³/mol. The molecule has 0 saturated carbocycles. The molecular formula is C70H106BBrClLiMg4N3O8-. The molecular weight excluding hydrogens is 1240 g/mol. The smallest absolute Gasteiger partial charge is 2.00 e. The van der Waals surface area contributed by atoms with Gasteiger partial charge < -0.3 is 77.1 Å². The van der Waals surface area contributed by atoms with E-state index in [1.807, 2.05) is 142 Å². The van der Waals surface area contributed by atoms with Gasteiger partial charge in [0.05, 0.1) is 11.4 Å². The number of anilines is 2. The Morgan fingerprint density at radius 3 is 1.22 bits per heavy atom. The number of fused-ring (bicyclic) bond motifs is 3. The maximum absolute atomic E-state index is 11.9. The van der Waals surface area contributed by atoms with Gasteiger partial charge in [-0.3, -0.25) is 15.4 Å². The summed E-state index contributed by atoms with van der Waals surface area (Å²) >= 11 is 7.39. The van der Waals surface area contributed by atoms with E-state index in [2.05, 4.69) is 107 Å². The number of halogens is 2. The van der Waals surface area contributed by atoms with Crippen LogP contribution in [0.15, 0.2) is 114 Å². The second-order valence-corrected chi connectivity index (χ2v) is 22.7. The summed E-state index contributed by atoms with van der Waals surface area (Å²) in [5.41, 5.74) is 0.685. The Morgan fingerprint density at radius 2 is 0.865 bits per heavy atom. The van der Waals surface area contributed by atoms with Gasteiger partial charge in [-0.15, -0.1) is 35.0 Å². The summed E-state index contributed by atoms with van der Waals surface area (Å²) in [4.78, 5) is 35.3. The number of nitrogens with zero attached hydrogens (tertiary/aromatic N) is 1. The van der Waals surface area contributed by atoms with E-state index in [1.165, 1.54) is 64.2 Å². The van der Waals surface area contributed by atoms with Crippen molar-refractivity contribution in [2.24, 2.45) is 0 Å². The third-order valence-corrected chi connectivity index (χ3v) is 11.2. The second kappa shape index (κ2) is 62.4. The summed E-state index contributed by atoms with van der Waals surface area (Å²) in [6.45, 7) is 43.7. The Kier molecular flexibility index (Phi) is 72.6. The molecule has 0 bridgehead atoms. The van der Waals surface area contributed by atoms with Gasteiger partial charge in [0, 0.05) is 15.2 Å². The minimum Gasteiger partial charge on any atom is 2.00 e. The third-order valence-electron chi connectivity index (χ3n) is 10.5. The van der Waals surface area contributed by atoms with Gasteiger partial charge in [-0.25, -0.2) is 15.3 Å². The quantitative estimate of drug-likeness (QED) is 0.0385. The van der Waals surface area contributed by atoms with Gasteiger partial charge in [-0.05, 0) is 96.7 Å². The van der Waals surface area contributed by atoms with E-state index in [4.69, 9.17) is 14.2 Å². The molecule has 0 aromatic heterocycles.